The molecule has 1 aromatic carbocycles. The largest absolute Gasteiger partial charge is 0.345 e. The highest BCUT2D eigenvalue weighted by atomic mass is 35.5. The lowest BCUT2D eigenvalue weighted by molar-refractivity contribution is -0.117. The van der Waals surface area contributed by atoms with Crippen LogP contribution in [0.25, 0.3) is 0 Å². The minimum absolute atomic E-state index is 0.0325. The minimum Gasteiger partial charge on any atom is -0.345 e. The maximum absolute atomic E-state index is 12.4. The molecule has 1 aliphatic carbocycles. The van der Waals surface area contributed by atoms with Crippen molar-refractivity contribution in [1.82, 2.24) is 5.32 Å². The van der Waals surface area contributed by atoms with Crippen molar-refractivity contribution in [3.8, 4) is 0 Å². The minimum atomic E-state index is -0.256. The van der Waals surface area contributed by atoms with Crippen molar-refractivity contribution in [3.05, 3.63) is 50.8 Å². The first-order valence-corrected chi connectivity index (χ1v) is 9.18. The Bertz CT molecular complexity index is 787. The lowest BCUT2D eigenvalue weighted by Crippen LogP contribution is -2.26. The fourth-order valence-corrected chi connectivity index (χ4v) is 3.68. The van der Waals surface area contributed by atoms with Crippen LogP contribution in [0.3, 0.4) is 0 Å². The fraction of sp³-hybridized carbons (Fsp3) is 0.294. The van der Waals surface area contributed by atoms with E-state index < -0.39 is 0 Å². The molecule has 1 saturated carbocycles. The average molecular weight is 383 g/mol. The molecule has 1 fully saturated rings. The van der Waals surface area contributed by atoms with E-state index >= 15 is 0 Å². The first kappa shape index (κ1) is 17.3. The summed E-state index contributed by atoms with van der Waals surface area (Å²) in [5.74, 6) is -0.0352. The van der Waals surface area contributed by atoms with Crippen LogP contribution in [0.2, 0.25) is 10.0 Å². The third-order valence-electron chi connectivity index (χ3n) is 3.80. The standard InChI is InChI=1S/C17H16Cl2N2O2S/c1-9(12-5-4-11(18)8-13(12)19)20-17(23)14-6-7-15(24-14)21-16(22)10-2-3-10/h4-10H,2-3H2,1H3,(H,20,23)(H,21,22)/t9-/m1/s1. The number of amides is 2. The van der Waals surface area contributed by atoms with Crippen LogP contribution in [-0.4, -0.2) is 11.8 Å². The van der Waals surface area contributed by atoms with E-state index in [0.29, 0.717) is 19.9 Å². The van der Waals surface area contributed by atoms with E-state index in [1.807, 2.05) is 6.92 Å². The molecule has 1 aromatic heterocycles. The molecule has 3 rings (SSSR count). The maximum atomic E-state index is 12.4. The molecule has 7 heteroatoms. The number of carbonyl (C=O) groups excluding carboxylic acids is 2. The van der Waals surface area contributed by atoms with Crippen LogP contribution in [-0.2, 0) is 4.79 Å². The summed E-state index contributed by atoms with van der Waals surface area (Å²) in [6.45, 7) is 1.86. The van der Waals surface area contributed by atoms with Crippen LogP contribution in [0, 0.1) is 5.92 Å². The van der Waals surface area contributed by atoms with Crippen LogP contribution < -0.4 is 10.6 Å². The molecule has 2 aromatic rings. The molecular weight excluding hydrogens is 367 g/mol. The third kappa shape index (κ3) is 4.09. The van der Waals surface area contributed by atoms with Crippen LogP contribution in [0.5, 0.6) is 0 Å². The maximum Gasteiger partial charge on any atom is 0.261 e. The van der Waals surface area contributed by atoms with E-state index in [-0.39, 0.29) is 23.8 Å². The van der Waals surface area contributed by atoms with Crippen LogP contribution in [0.1, 0.15) is 41.0 Å². The Morgan fingerprint density at radius 2 is 1.96 bits per heavy atom. The predicted molar refractivity (Wildman–Crippen MR) is 98.0 cm³/mol. The summed E-state index contributed by atoms with van der Waals surface area (Å²) in [4.78, 5) is 24.7. The van der Waals surface area contributed by atoms with Crippen molar-refractivity contribution in [3.63, 3.8) is 0 Å². The molecule has 0 saturated heterocycles. The number of anilines is 1. The van der Waals surface area contributed by atoms with Gasteiger partial charge in [0.2, 0.25) is 5.91 Å². The summed E-state index contributed by atoms with van der Waals surface area (Å²) < 4.78 is 0. The van der Waals surface area contributed by atoms with Gasteiger partial charge in [0.05, 0.1) is 15.9 Å². The summed E-state index contributed by atoms with van der Waals surface area (Å²) in [6.07, 6.45) is 1.90. The lowest BCUT2D eigenvalue weighted by Gasteiger charge is -2.15. The van der Waals surface area contributed by atoms with E-state index in [0.717, 1.165) is 18.4 Å². The SMILES string of the molecule is C[C@@H](NC(=O)c1ccc(NC(=O)C2CC2)s1)c1ccc(Cl)cc1Cl. The fourth-order valence-electron chi connectivity index (χ4n) is 2.29. The Morgan fingerprint density at radius 3 is 2.62 bits per heavy atom. The van der Waals surface area contributed by atoms with Crippen LogP contribution in [0.4, 0.5) is 5.00 Å². The Labute approximate surface area is 154 Å². The Hall–Kier alpha value is -1.56. The topological polar surface area (TPSA) is 58.2 Å². The van der Waals surface area contributed by atoms with E-state index in [9.17, 15) is 9.59 Å². The summed E-state index contributed by atoms with van der Waals surface area (Å²) in [5.41, 5.74) is 0.799. The second-order valence-electron chi connectivity index (χ2n) is 5.79. The second kappa shape index (κ2) is 7.13. The number of hydrogen-bond donors (Lipinski definition) is 2. The van der Waals surface area contributed by atoms with Gasteiger partial charge in [0.1, 0.15) is 0 Å². The molecule has 2 amide bonds. The Morgan fingerprint density at radius 1 is 1.21 bits per heavy atom. The number of benzene rings is 1. The number of halogens is 2. The molecule has 0 radical (unpaired) electrons. The van der Waals surface area contributed by atoms with Gasteiger partial charge in [-0.3, -0.25) is 9.59 Å². The average Bonchev–Trinajstić information content (AvgIpc) is 3.27. The van der Waals surface area contributed by atoms with Gasteiger partial charge in [0, 0.05) is 16.0 Å². The van der Waals surface area contributed by atoms with Crippen molar-refractivity contribution < 1.29 is 9.59 Å². The van der Waals surface area contributed by atoms with Crippen LogP contribution in [0.15, 0.2) is 30.3 Å². The molecule has 0 aliphatic heterocycles. The zero-order valence-corrected chi connectivity index (χ0v) is 15.3. The lowest BCUT2D eigenvalue weighted by atomic mass is 10.1. The smallest absolute Gasteiger partial charge is 0.261 e. The van der Waals surface area contributed by atoms with Crippen molar-refractivity contribution in [1.29, 1.82) is 0 Å². The summed E-state index contributed by atoms with van der Waals surface area (Å²) >= 11 is 13.3. The first-order valence-electron chi connectivity index (χ1n) is 7.60. The monoisotopic (exact) mass is 382 g/mol. The van der Waals surface area contributed by atoms with E-state index in [1.54, 1.807) is 30.3 Å². The summed E-state index contributed by atoms with van der Waals surface area (Å²) in [6, 6.07) is 8.39. The van der Waals surface area contributed by atoms with Crippen LogP contribution >= 0.6 is 34.5 Å². The van der Waals surface area contributed by atoms with E-state index in [1.165, 1.54) is 11.3 Å². The normalized spacial score (nSPS) is 15.0. The van der Waals surface area contributed by atoms with Gasteiger partial charge in [0.25, 0.3) is 5.91 Å². The number of carbonyl (C=O) groups is 2. The predicted octanol–water partition coefficient (Wildman–Crippen LogP) is 4.89. The van der Waals surface area contributed by atoms with Gasteiger partial charge in [-0.1, -0.05) is 29.3 Å². The van der Waals surface area contributed by atoms with E-state index in [2.05, 4.69) is 10.6 Å². The highest BCUT2D eigenvalue weighted by Crippen LogP contribution is 2.32. The molecule has 2 N–H and O–H groups in total. The first-order chi connectivity index (χ1) is 11.4. The Kier molecular flexibility index (Phi) is 5.13. The van der Waals surface area contributed by atoms with Gasteiger partial charge in [-0.25, -0.2) is 0 Å². The zero-order chi connectivity index (χ0) is 17.3. The molecule has 0 unspecified atom stereocenters. The molecule has 1 aliphatic rings. The van der Waals surface area contributed by atoms with Gasteiger partial charge in [-0.15, -0.1) is 11.3 Å². The van der Waals surface area contributed by atoms with Gasteiger partial charge in [-0.2, -0.15) is 0 Å². The molecule has 126 valence electrons. The number of rotatable bonds is 5. The summed E-state index contributed by atoms with van der Waals surface area (Å²) in [5, 5.41) is 7.50. The molecule has 1 heterocycles. The third-order valence-corrected chi connectivity index (χ3v) is 5.36. The zero-order valence-electron chi connectivity index (χ0n) is 12.9. The highest BCUT2D eigenvalue weighted by molar-refractivity contribution is 7.18. The second-order valence-corrected chi connectivity index (χ2v) is 7.72. The molecule has 24 heavy (non-hydrogen) atoms. The van der Waals surface area contributed by atoms with Crippen molar-refractivity contribution in [2.75, 3.05) is 5.32 Å². The quantitative estimate of drug-likeness (QED) is 0.772. The van der Waals surface area contributed by atoms with Crippen molar-refractivity contribution in [2.45, 2.75) is 25.8 Å². The number of thiophene rings is 1. The highest BCUT2D eigenvalue weighted by Gasteiger charge is 2.30. The summed E-state index contributed by atoms with van der Waals surface area (Å²) in [7, 11) is 0. The van der Waals surface area contributed by atoms with Gasteiger partial charge >= 0.3 is 0 Å². The van der Waals surface area contributed by atoms with Crippen molar-refractivity contribution in [2.24, 2.45) is 5.92 Å². The number of hydrogen-bond acceptors (Lipinski definition) is 3. The molecule has 0 spiro atoms. The van der Waals surface area contributed by atoms with Gasteiger partial charge in [-0.05, 0) is 49.6 Å². The molecular formula is C17H16Cl2N2O2S. The Balaban J connectivity index is 1.63. The van der Waals surface area contributed by atoms with Gasteiger partial charge in [0.15, 0.2) is 0 Å². The molecule has 1 atom stereocenters. The van der Waals surface area contributed by atoms with Crippen molar-refractivity contribution >= 4 is 51.4 Å². The molecule has 0 bridgehead atoms. The van der Waals surface area contributed by atoms with E-state index in [4.69, 9.17) is 23.2 Å². The van der Waals surface area contributed by atoms with Gasteiger partial charge < -0.3 is 10.6 Å². The molecule has 4 nitrogen and oxygen atoms in total. The number of nitrogens with one attached hydrogen (secondary N) is 2.